The Kier molecular flexibility index (Phi) is 4.29. The number of thioether (sulfide) groups is 1. The van der Waals surface area contributed by atoms with Crippen LogP contribution in [-0.4, -0.2) is 34.4 Å². The fourth-order valence-corrected chi connectivity index (χ4v) is 2.89. The Morgan fingerprint density at radius 1 is 1.29 bits per heavy atom. The monoisotopic (exact) mass is 360 g/mol. The molecule has 1 aromatic heterocycles. The zero-order valence-electron chi connectivity index (χ0n) is 13.0. The van der Waals surface area contributed by atoms with Gasteiger partial charge in [0.2, 0.25) is 0 Å². The van der Waals surface area contributed by atoms with E-state index >= 15 is 0 Å². The fourth-order valence-electron chi connectivity index (χ4n) is 2.37. The number of hydrogen-bond acceptors (Lipinski definition) is 5. The molecule has 1 aromatic carbocycles. The molecule has 2 aromatic rings. The number of hydrogen-bond donors (Lipinski definition) is 0. The highest BCUT2D eigenvalue weighted by atomic mass is 32.2. The molecule has 0 amide bonds. The second kappa shape index (κ2) is 6.12. The molecule has 0 spiro atoms. The Morgan fingerprint density at radius 3 is 2.58 bits per heavy atom. The van der Waals surface area contributed by atoms with Crippen LogP contribution >= 0.6 is 11.8 Å². The first-order valence-electron chi connectivity index (χ1n) is 7.05. The van der Waals surface area contributed by atoms with Gasteiger partial charge in [-0.1, -0.05) is 0 Å². The third-order valence-corrected chi connectivity index (χ3v) is 4.17. The zero-order valence-corrected chi connectivity index (χ0v) is 13.8. The largest absolute Gasteiger partial charge is 0.573 e. The minimum atomic E-state index is -4.71. The van der Waals surface area contributed by atoms with Crippen LogP contribution in [0.5, 0.6) is 17.5 Å². The summed E-state index contributed by atoms with van der Waals surface area (Å²) in [5.74, 6) is 0.145. The van der Waals surface area contributed by atoms with Crippen LogP contribution in [-0.2, 0) is 6.54 Å². The van der Waals surface area contributed by atoms with Crippen LogP contribution in [0.1, 0.15) is 6.92 Å². The molecule has 1 aliphatic heterocycles. The summed E-state index contributed by atoms with van der Waals surface area (Å²) in [6.07, 6.45) is -0.996. The highest BCUT2D eigenvalue weighted by molar-refractivity contribution is 7.98. The number of alkyl halides is 3. The van der Waals surface area contributed by atoms with Crippen molar-refractivity contribution in [2.45, 2.75) is 30.5 Å². The van der Waals surface area contributed by atoms with E-state index in [9.17, 15) is 13.2 Å². The molecule has 1 aliphatic rings. The third-order valence-electron chi connectivity index (χ3n) is 3.42. The topological polar surface area (TPSA) is 45.5 Å². The van der Waals surface area contributed by atoms with Gasteiger partial charge in [0.05, 0.1) is 17.8 Å². The Morgan fingerprint density at radius 2 is 1.96 bits per heavy atom. The van der Waals surface area contributed by atoms with Crippen molar-refractivity contribution in [2.24, 2.45) is 0 Å². The predicted octanol–water partition coefficient (Wildman–Crippen LogP) is 3.73. The van der Waals surface area contributed by atoms with Crippen LogP contribution in [0.3, 0.4) is 0 Å². The molecular weight excluding hydrogens is 345 g/mol. The average molecular weight is 360 g/mol. The lowest BCUT2D eigenvalue weighted by Crippen LogP contribution is -2.38. The van der Waals surface area contributed by atoms with Crippen LogP contribution < -0.4 is 14.2 Å². The molecule has 1 atom stereocenters. The highest BCUT2D eigenvalue weighted by Crippen LogP contribution is 2.33. The van der Waals surface area contributed by atoms with E-state index in [-0.39, 0.29) is 12.4 Å². The average Bonchev–Trinajstić information content (AvgIpc) is 3.01. The normalized spacial score (nSPS) is 19.7. The van der Waals surface area contributed by atoms with Crippen molar-refractivity contribution in [3.8, 4) is 17.5 Å². The van der Waals surface area contributed by atoms with Crippen molar-refractivity contribution in [1.82, 2.24) is 9.55 Å². The number of aromatic nitrogens is 2. The Bertz CT molecular complexity index is 718. The number of imidazole rings is 1. The number of rotatable bonds is 5. The number of benzene rings is 1. The maximum absolute atomic E-state index is 12.1. The van der Waals surface area contributed by atoms with Gasteiger partial charge in [-0.3, -0.25) is 4.57 Å². The first-order chi connectivity index (χ1) is 11.3. The molecular formula is C15H15F3N2O3S. The van der Waals surface area contributed by atoms with Gasteiger partial charge < -0.3 is 14.2 Å². The quantitative estimate of drug-likeness (QED) is 0.761. The van der Waals surface area contributed by atoms with E-state index in [0.717, 1.165) is 5.03 Å². The fraction of sp³-hybridized carbons (Fsp3) is 0.400. The molecule has 3 rings (SSSR count). The Labute approximate surface area is 140 Å². The molecule has 0 aliphatic carbocycles. The molecule has 0 fully saturated rings. The smallest absolute Gasteiger partial charge is 0.489 e. The summed E-state index contributed by atoms with van der Waals surface area (Å²) in [7, 11) is 0. The van der Waals surface area contributed by atoms with E-state index in [1.165, 1.54) is 24.3 Å². The first-order valence-corrected chi connectivity index (χ1v) is 8.28. The predicted molar refractivity (Wildman–Crippen MR) is 81.7 cm³/mol. The van der Waals surface area contributed by atoms with E-state index in [2.05, 4.69) is 9.72 Å². The minimum absolute atomic E-state index is 0.240. The summed E-state index contributed by atoms with van der Waals surface area (Å²) in [4.78, 5) is 4.20. The summed E-state index contributed by atoms with van der Waals surface area (Å²) in [6.45, 7) is 2.73. The summed E-state index contributed by atoms with van der Waals surface area (Å²) < 4.78 is 53.6. The van der Waals surface area contributed by atoms with E-state index in [4.69, 9.17) is 9.47 Å². The van der Waals surface area contributed by atoms with Gasteiger partial charge >= 0.3 is 6.36 Å². The second-order valence-electron chi connectivity index (χ2n) is 5.53. The molecule has 1 unspecified atom stereocenters. The van der Waals surface area contributed by atoms with Crippen LogP contribution in [0.2, 0.25) is 0 Å². The van der Waals surface area contributed by atoms with Crippen molar-refractivity contribution in [3.63, 3.8) is 0 Å². The van der Waals surface area contributed by atoms with Crippen molar-refractivity contribution < 1.29 is 27.4 Å². The molecule has 2 heterocycles. The summed E-state index contributed by atoms with van der Waals surface area (Å²) in [6, 6.07) is 5.80. The molecule has 0 radical (unpaired) electrons. The van der Waals surface area contributed by atoms with E-state index in [0.29, 0.717) is 18.3 Å². The van der Waals surface area contributed by atoms with Crippen molar-refractivity contribution in [1.29, 1.82) is 0 Å². The van der Waals surface area contributed by atoms with Crippen molar-refractivity contribution >= 4 is 11.8 Å². The number of halogens is 3. The lowest BCUT2D eigenvalue weighted by atomic mass is 10.1. The van der Waals surface area contributed by atoms with Gasteiger partial charge in [0.25, 0.3) is 6.01 Å². The second-order valence-corrected chi connectivity index (χ2v) is 6.36. The maximum Gasteiger partial charge on any atom is 0.573 e. The molecule has 0 saturated carbocycles. The molecule has 9 heteroatoms. The molecule has 0 saturated heterocycles. The lowest BCUT2D eigenvalue weighted by Gasteiger charge is -2.23. The van der Waals surface area contributed by atoms with Crippen LogP contribution in [0.25, 0.3) is 0 Å². The summed E-state index contributed by atoms with van der Waals surface area (Å²) in [5.41, 5.74) is -0.588. The molecule has 0 bridgehead atoms. The standard InChI is InChI=1S/C15H15F3N2O3S/c1-14(8-20-12(24-2)7-19-13(20)23-14)9-21-10-3-5-11(6-4-10)22-15(16,17)18/h3-7H,8-9H2,1-2H3. The van der Waals surface area contributed by atoms with Crippen molar-refractivity contribution in [3.05, 3.63) is 30.5 Å². The number of ether oxygens (including phenoxy) is 3. The molecule has 5 nitrogen and oxygen atoms in total. The Hall–Kier alpha value is -2.03. The molecule has 0 N–H and O–H groups in total. The van der Waals surface area contributed by atoms with Gasteiger partial charge in [0.15, 0.2) is 5.60 Å². The van der Waals surface area contributed by atoms with Crippen LogP contribution in [0.4, 0.5) is 13.2 Å². The summed E-state index contributed by atoms with van der Waals surface area (Å²) >= 11 is 1.58. The Balaban J connectivity index is 1.59. The summed E-state index contributed by atoms with van der Waals surface area (Å²) in [5, 5.41) is 1.00. The maximum atomic E-state index is 12.1. The lowest BCUT2D eigenvalue weighted by molar-refractivity contribution is -0.274. The number of fused-ring (bicyclic) bond motifs is 1. The van der Waals surface area contributed by atoms with Crippen LogP contribution in [0.15, 0.2) is 35.5 Å². The minimum Gasteiger partial charge on any atom is -0.489 e. The van der Waals surface area contributed by atoms with Crippen molar-refractivity contribution in [2.75, 3.05) is 12.9 Å². The van der Waals surface area contributed by atoms with E-state index in [1.807, 2.05) is 17.7 Å². The molecule has 24 heavy (non-hydrogen) atoms. The van der Waals surface area contributed by atoms with Gasteiger partial charge in [0.1, 0.15) is 18.1 Å². The van der Waals surface area contributed by atoms with Gasteiger partial charge in [-0.2, -0.15) is 0 Å². The highest BCUT2D eigenvalue weighted by Gasteiger charge is 2.38. The first kappa shape index (κ1) is 16.8. The third kappa shape index (κ3) is 3.72. The van der Waals surface area contributed by atoms with E-state index in [1.54, 1.807) is 18.0 Å². The zero-order chi connectivity index (χ0) is 17.4. The van der Waals surface area contributed by atoms with Gasteiger partial charge in [0, 0.05) is 0 Å². The van der Waals surface area contributed by atoms with Gasteiger partial charge in [-0.15, -0.1) is 24.9 Å². The molecule has 130 valence electrons. The van der Waals surface area contributed by atoms with Crippen LogP contribution in [0, 0.1) is 0 Å². The SMILES string of the molecule is CSc1cnc2n1CC(C)(COc1ccc(OC(F)(F)F)cc1)O2. The number of nitrogens with zero attached hydrogens (tertiary/aromatic N) is 2. The van der Waals surface area contributed by atoms with Gasteiger partial charge in [-0.25, -0.2) is 4.98 Å². The van der Waals surface area contributed by atoms with E-state index < -0.39 is 12.0 Å². The van der Waals surface area contributed by atoms with Gasteiger partial charge in [-0.05, 0) is 37.4 Å².